The van der Waals surface area contributed by atoms with Crippen LogP contribution in [-0.2, 0) is 6.54 Å². The molecule has 0 unspecified atom stereocenters. The zero-order valence-electron chi connectivity index (χ0n) is 11.4. The third-order valence-corrected chi connectivity index (χ3v) is 4.60. The Labute approximate surface area is 110 Å². The highest BCUT2D eigenvalue weighted by Crippen LogP contribution is 2.32. The molecule has 18 heavy (non-hydrogen) atoms. The van der Waals surface area contributed by atoms with E-state index in [2.05, 4.69) is 41.4 Å². The maximum atomic E-state index is 3.75. The molecule has 1 heterocycles. The first kappa shape index (κ1) is 12.0. The first-order chi connectivity index (χ1) is 8.77. The van der Waals surface area contributed by atoms with Gasteiger partial charge >= 0.3 is 0 Å². The standard InChI is InChI=1S/C16H24N2/c1-16(9-6-10-16)17-13-14-7-2-3-8-15(14)18-11-4-5-12-18/h2-3,7-8,17H,4-6,9-13H2,1H3. The second kappa shape index (κ2) is 4.93. The highest BCUT2D eigenvalue weighted by Gasteiger charge is 2.31. The van der Waals surface area contributed by atoms with E-state index >= 15 is 0 Å². The number of hydrogen-bond acceptors (Lipinski definition) is 2. The summed E-state index contributed by atoms with van der Waals surface area (Å²) in [6.07, 6.45) is 6.74. The highest BCUT2D eigenvalue weighted by atomic mass is 15.1. The Balaban J connectivity index is 1.70. The predicted molar refractivity (Wildman–Crippen MR) is 77.0 cm³/mol. The lowest BCUT2D eigenvalue weighted by molar-refractivity contribution is 0.207. The second-order valence-corrected chi connectivity index (χ2v) is 6.09. The zero-order chi connectivity index (χ0) is 12.4. The molecule has 1 aromatic carbocycles. The van der Waals surface area contributed by atoms with Gasteiger partial charge in [-0.2, -0.15) is 0 Å². The van der Waals surface area contributed by atoms with Crippen molar-refractivity contribution in [2.24, 2.45) is 0 Å². The van der Waals surface area contributed by atoms with Crippen LogP contribution in [0.1, 0.15) is 44.6 Å². The fraction of sp³-hybridized carbons (Fsp3) is 0.625. The van der Waals surface area contributed by atoms with Gasteiger partial charge in [0.1, 0.15) is 0 Å². The monoisotopic (exact) mass is 244 g/mol. The largest absolute Gasteiger partial charge is 0.371 e. The molecule has 2 nitrogen and oxygen atoms in total. The van der Waals surface area contributed by atoms with Crippen LogP contribution in [0.4, 0.5) is 5.69 Å². The van der Waals surface area contributed by atoms with Gasteiger partial charge in [0.15, 0.2) is 0 Å². The van der Waals surface area contributed by atoms with Crippen LogP contribution in [0.5, 0.6) is 0 Å². The fourth-order valence-corrected chi connectivity index (χ4v) is 3.12. The maximum Gasteiger partial charge on any atom is 0.0411 e. The number of nitrogens with one attached hydrogen (secondary N) is 1. The minimum Gasteiger partial charge on any atom is -0.371 e. The van der Waals surface area contributed by atoms with Crippen molar-refractivity contribution in [1.82, 2.24) is 5.32 Å². The van der Waals surface area contributed by atoms with Crippen LogP contribution >= 0.6 is 0 Å². The van der Waals surface area contributed by atoms with E-state index in [1.807, 2.05) is 0 Å². The van der Waals surface area contributed by atoms with Gasteiger partial charge in [-0.05, 0) is 50.7 Å². The number of anilines is 1. The zero-order valence-corrected chi connectivity index (χ0v) is 11.4. The summed E-state index contributed by atoms with van der Waals surface area (Å²) >= 11 is 0. The van der Waals surface area contributed by atoms with Crippen LogP contribution < -0.4 is 10.2 Å². The van der Waals surface area contributed by atoms with Crippen molar-refractivity contribution in [1.29, 1.82) is 0 Å². The smallest absolute Gasteiger partial charge is 0.0411 e. The summed E-state index contributed by atoms with van der Waals surface area (Å²) in [6, 6.07) is 8.90. The quantitative estimate of drug-likeness (QED) is 0.874. The van der Waals surface area contributed by atoms with Crippen LogP contribution in [0.3, 0.4) is 0 Å². The van der Waals surface area contributed by atoms with E-state index in [9.17, 15) is 0 Å². The second-order valence-electron chi connectivity index (χ2n) is 6.09. The number of para-hydroxylation sites is 1. The topological polar surface area (TPSA) is 15.3 Å². The average molecular weight is 244 g/mol. The molecule has 3 rings (SSSR count). The number of hydrogen-bond donors (Lipinski definition) is 1. The molecule has 0 aromatic heterocycles. The van der Waals surface area contributed by atoms with Gasteiger partial charge in [-0.3, -0.25) is 0 Å². The van der Waals surface area contributed by atoms with E-state index in [4.69, 9.17) is 0 Å². The van der Waals surface area contributed by atoms with Crippen LogP contribution in [0.15, 0.2) is 24.3 Å². The maximum absolute atomic E-state index is 3.75. The van der Waals surface area contributed by atoms with E-state index in [0.29, 0.717) is 5.54 Å². The van der Waals surface area contributed by atoms with Crippen molar-refractivity contribution in [3.63, 3.8) is 0 Å². The van der Waals surface area contributed by atoms with Gasteiger partial charge in [-0.1, -0.05) is 18.2 Å². The molecule has 1 aliphatic carbocycles. The Kier molecular flexibility index (Phi) is 3.29. The molecule has 2 fully saturated rings. The molecule has 2 heteroatoms. The molecular formula is C16H24N2. The Hall–Kier alpha value is -1.02. The average Bonchev–Trinajstić information content (AvgIpc) is 2.88. The normalized spacial score (nSPS) is 21.9. The summed E-state index contributed by atoms with van der Waals surface area (Å²) in [5.41, 5.74) is 3.32. The van der Waals surface area contributed by atoms with Gasteiger partial charge in [0.05, 0.1) is 0 Å². The van der Waals surface area contributed by atoms with Crippen LogP contribution in [0.25, 0.3) is 0 Å². The molecule has 0 amide bonds. The van der Waals surface area contributed by atoms with E-state index in [1.165, 1.54) is 56.4 Å². The van der Waals surface area contributed by atoms with Gasteiger partial charge in [-0.25, -0.2) is 0 Å². The van der Waals surface area contributed by atoms with Crippen LogP contribution in [0, 0.1) is 0 Å². The van der Waals surface area contributed by atoms with E-state index in [-0.39, 0.29) is 0 Å². The molecule has 0 atom stereocenters. The molecular weight excluding hydrogens is 220 g/mol. The Morgan fingerprint density at radius 3 is 2.50 bits per heavy atom. The van der Waals surface area contributed by atoms with Crippen molar-refractivity contribution in [3.8, 4) is 0 Å². The Morgan fingerprint density at radius 2 is 1.83 bits per heavy atom. The van der Waals surface area contributed by atoms with Crippen molar-refractivity contribution >= 4 is 5.69 Å². The molecule has 1 saturated carbocycles. The molecule has 1 aromatic rings. The summed E-state index contributed by atoms with van der Waals surface area (Å²) in [6.45, 7) is 5.83. The van der Waals surface area contributed by atoms with Gasteiger partial charge in [-0.15, -0.1) is 0 Å². The van der Waals surface area contributed by atoms with Crippen molar-refractivity contribution in [2.45, 2.75) is 51.1 Å². The summed E-state index contributed by atoms with van der Waals surface area (Å²) in [5, 5.41) is 3.75. The molecule has 2 aliphatic rings. The summed E-state index contributed by atoms with van der Waals surface area (Å²) in [4.78, 5) is 2.54. The fourth-order valence-electron chi connectivity index (χ4n) is 3.12. The van der Waals surface area contributed by atoms with E-state index in [0.717, 1.165) is 6.54 Å². The molecule has 0 radical (unpaired) electrons. The lowest BCUT2D eigenvalue weighted by atomic mass is 9.78. The van der Waals surface area contributed by atoms with Crippen molar-refractivity contribution < 1.29 is 0 Å². The van der Waals surface area contributed by atoms with Crippen molar-refractivity contribution in [2.75, 3.05) is 18.0 Å². The van der Waals surface area contributed by atoms with Crippen molar-refractivity contribution in [3.05, 3.63) is 29.8 Å². The predicted octanol–water partition coefficient (Wildman–Crippen LogP) is 3.32. The third-order valence-electron chi connectivity index (χ3n) is 4.60. The molecule has 1 N–H and O–H groups in total. The van der Waals surface area contributed by atoms with Gasteiger partial charge < -0.3 is 10.2 Å². The lowest BCUT2D eigenvalue weighted by Gasteiger charge is -2.39. The first-order valence-corrected chi connectivity index (χ1v) is 7.35. The molecule has 1 aliphatic heterocycles. The van der Waals surface area contributed by atoms with Gasteiger partial charge in [0.25, 0.3) is 0 Å². The Morgan fingerprint density at radius 1 is 1.11 bits per heavy atom. The number of benzene rings is 1. The SMILES string of the molecule is CC1(NCc2ccccc2N2CCCC2)CCC1. The molecule has 98 valence electrons. The van der Waals surface area contributed by atoms with E-state index < -0.39 is 0 Å². The first-order valence-electron chi connectivity index (χ1n) is 7.35. The molecule has 0 spiro atoms. The summed E-state index contributed by atoms with van der Waals surface area (Å²) < 4.78 is 0. The minimum atomic E-state index is 0.401. The van der Waals surface area contributed by atoms with Gasteiger partial charge in [0, 0.05) is 30.9 Å². The summed E-state index contributed by atoms with van der Waals surface area (Å²) in [7, 11) is 0. The van der Waals surface area contributed by atoms with Crippen LogP contribution in [0.2, 0.25) is 0 Å². The van der Waals surface area contributed by atoms with Gasteiger partial charge in [0.2, 0.25) is 0 Å². The number of nitrogens with zero attached hydrogens (tertiary/aromatic N) is 1. The van der Waals surface area contributed by atoms with Crippen LogP contribution in [-0.4, -0.2) is 18.6 Å². The summed E-state index contributed by atoms with van der Waals surface area (Å²) in [5.74, 6) is 0. The lowest BCUT2D eigenvalue weighted by Crippen LogP contribution is -2.47. The highest BCUT2D eigenvalue weighted by molar-refractivity contribution is 5.54. The minimum absolute atomic E-state index is 0.401. The number of rotatable bonds is 4. The Bertz CT molecular complexity index is 403. The van der Waals surface area contributed by atoms with E-state index in [1.54, 1.807) is 0 Å². The molecule has 1 saturated heterocycles. The third kappa shape index (κ3) is 2.39. The molecule has 0 bridgehead atoms.